The Balaban J connectivity index is 2.81. The first kappa shape index (κ1) is 16.6. The Morgan fingerprint density at radius 3 is 2.26 bits per heavy atom. The van der Waals surface area contributed by atoms with Crippen molar-refractivity contribution >= 4 is 23.2 Å². The molecule has 0 amide bonds. The van der Waals surface area contributed by atoms with Crippen molar-refractivity contribution in [1.82, 2.24) is 5.32 Å². The summed E-state index contributed by atoms with van der Waals surface area (Å²) in [5.74, 6) is 0. The average Bonchev–Trinajstić information content (AvgIpc) is 2.29. The smallest absolute Gasteiger partial charge is 0.313 e. The van der Waals surface area contributed by atoms with Crippen molar-refractivity contribution in [3.63, 3.8) is 0 Å². The van der Waals surface area contributed by atoms with E-state index in [-0.39, 0.29) is 6.42 Å². The molecule has 108 valence electrons. The summed E-state index contributed by atoms with van der Waals surface area (Å²) >= 11 is 12.0. The van der Waals surface area contributed by atoms with E-state index in [1.807, 2.05) is 6.92 Å². The van der Waals surface area contributed by atoms with Crippen molar-refractivity contribution in [3.05, 3.63) is 33.8 Å². The van der Waals surface area contributed by atoms with E-state index in [9.17, 15) is 13.2 Å². The molecule has 1 rings (SSSR count). The normalized spacial score (nSPS) is 13.6. The van der Waals surface area contributed by atoms with Gasteiger partial charge in [0.05, 0.1) is 6.42 Å². The molecule has 0 saturated carbocycles. The van der Waals surface area contributed by atoms with Gasteiger partial charge in [0.1, 0.15) is 0 Å². The molecule has 1 aromatic carbocycles. The summed E-state index contributed by atoms with van der Waals surface area (Å²) in [6.07, 6.45) is -4.17. The molecule has 0 fully saturated rings. The van der Waals surface area contributed by atoms with Crippen LogP contribution < -0.4 is 5.32 Å². The third-order valence-electron chi connectivity index (χ3n) is 2.67. The lowest BCUT2D eigenvalue weighted by Crippen LogP contribution is -2.36. The average molecular weight is 314 g/mol. The van der Waals surface area contributed by atoms with Crippen LogP contribution in [0, 0.1) is 0 Å². The lowest BCUT2D eigenvalue weighted by molar-refractivity contribution is -0.139. The Morgan fingerprint density at radius 1 is 1.21 bits per heavy atom. The first-order chi connectivity index (χ1) is 8.83. The van der Waals surface area contributed by atoms with Gasteiger partial charge < -0.3 is 5.32 Å². The van der Waals surface area contributed by atoms with Gasteiger partial charge in [-0.05, 0) is 37.1 Å². The summed E-state index contributed by atoms with van der Waals surface area (Å²) in [5, 5.41) is 3.69. The van der Waals surface area contributed by atoms with Gasteiger partial charge in [-0.25, -0.2) is 0 Å². The number of hydrogen-bond acceptors (Lipinski definition) is 1. The second-order valence-corrected chi connectivity index (χ2v) is 5.19. The summed E-state index contributed by atoms with van der Waals surface area (Å²) in [6.45, 7) is 2.43. The molecule has 19 heavy (non-hydrogen) atoms. The van der Waals surface area contributed by atoms with Gasteiger partial charge in [0.15, 0.2) is 0 Å². The molecule has 1 atom stereocenters. The van der Waals surface area contributed by atoms with E-state index in [2.05, 4.69) is 5.32 Å². The Labute approximate surface area is 121 Å². The van der Waals surface area contributed by atoms with Crippen LogP contribution in [0.2, 0.25) is 10.0 Å². The summed E-state index contributed by atoms with van der Waals surface area (Å²) in [4.78, 5) is 0. The number of rotatable bonds is 6. The fourth-order valence-corrected chi connectivity index (χ4v) is 2.37. The van der Waals surface area contributed by atoms with Gasteiger partial charge in [-0.3, -0.25) is 0 Å². The highest BCUT2D eigenvalue weighted by atomic mass is 35.5. The zero-order chi connectivity index (χ0) is 14.5. The lowest BCUT2D eigenvalue weighted by Gasteiger charge is -2.21. The van der Waals surface area contributed by atoms with E-state index < -0.39 is 18.6 Å². The fourth-order valence-electron chi connectivity index (χ4n) is 1.82. The largest absolute Gasteiger partial charge is 0.390 e. The summed E-state index contributed by atoms with van der Waals surface area (Å²) in [7, 11) is 0. The predicted molar refractivity (Wildman–Crippen MR) is 72.9 cm³/mol. The maximum atomic E-state index is 12.5. The number of halogens is 5. The third-order valence-corrected chi connectivity index (χ3v) is 3.38. The Hall–Kier alpha value is -0.450. The van der Waals surface area contributed by atoms with Gasteiger partial charge in [0.2, 0.25) is 0 Å². The van der Waals surface area contributed by atoms with Crippen LogP contribution in [0.25, 0.3) is 0 Å². The molecule has 0 bridgehead atoms. The van der Waals surface area contributed by atoms with E-state index >= 15 is 0 Å². The minimum atomic E-state index is -4.21. The van der Waals surface area contributed by atoms with Gasteiger partial charge in [-0.1, -0.05) is 36.2 Å². The second kappa shape index (κ2) is 7.36. The molecule has 0 aromatic heterocycles. The number of alkyl halides is 3. The van der Waals surface area contributed by atoms with Crippen LogP contribution in [0.1, 0.15) is 25.3 Å². The quantitative estimate of drug-likeness (QED) is 0.791. The molecule has 6 heteroatoms. The molecule has 0 spiro atoms. The first-order valence-electron chi connectivity index (χ1n) is 6.06. The van der Waals surface area contributed by atoms with Crippen LogP contribution in [-0.4, -0.2) is 18.8 Å². The Kier molecular flexibility index (Phi) is 6.43. The molecule has 1 aromatic rings. The molecular formula is C13H16Cl2F3N. The molecule has 0 aliphatic rings. The zero-order valence-electron chi connectivity index (χ0n) is 10.5. The molecule has 0 heterocycles. The zero-order valence-corrected chi connectivity index (χ0v) is 12.0. The van der Waals surface area contributed by atoms with Gasteiger partial charge in [0, 0.05) is 16.1 Å². The summed E-state index contributed by atoms with van der Waals surface area (Å²) in [5.41, 5.74) is 0.559. The molecule has 1 unspecified atom stereocenters. The Morgan fingerprint density at radius 2 is 1.79 bits per heavy atom. The molecule has 0 saturated heterocycles. The SMILES string of the molecule is CCCNC(Cc1c(Cl)cccc1Cl)CC(F)(F)F. The topological polar surface area (TPSA) is 12.0 Å². The van der Waals surface area contributed by atoms with E-state index in [1.54, 1.807) is 18.2 Å². The van der Waals surface area contributed by atoms with Gasteiger partial charge in [0.25, 0.3) is 0 Å². The van der Waals surface area contributed by atoms with Crippen LogP contribution in [-0.2, 0) is 6.42 Å². The van der Waals surface area contributed by atoms with Gasteiger partial charge >= 0.3 is 6.18 Å². The minimum Gasteiger partial charge on any atom is -0.313 e. The fraction of sp³-hybridized carbons (Fsp3) is 0.538. The minimum absolute atomic E-state index is 0.165. The highest BCUT2D eigenvalue weighted by Gasteiger charge is 2.32. The van der Waals surface area contributed by atoms with E-state index in [0.29, 0.717) is 22.2 Å². The van der Waals surface area contributed by atoms with Gasteiger partial charge in [-0.2, -0.15) is 13.2 Å². The summed E-state index contributed by atoms with van der Waals surface area (Å²) in [6, 6.07) is 4.23. The number of nitrogens with one attached hydrogen (secondary N) is 1. The van der Waals surface area contributed by atoms with Gasteiger partial charge in [-0.15, -0.1) is 0 Å². The van der Waals surface area contributed by atoms with Crippen LogP contribution >= 0.6 is 23.2 Å². The first-order valence-corrected chi connectivity index (χ1v) is 6.82. The highest BCUT2D eigenvalue weighted by molar-refractivity contribution is 6.35. The van der Waals surface area contributed by atoms with Crippen LogP contribution in [0.15, 0.2) is 18.2 Å². The molecule has 1 N–H and O–H groups in total. The van der Waals surface area contributed by atoms with E-state index in [1.165, 1.54) is 0 Å². The second-order valence-electron chi connectivity index (χ2n) is 4.37. The van der Waals surface area contributed by atoms with Crippen molar-refractivity contribution in [2.24, 2.45) is 0 Å². The molecular weight excluding hydrogens is 298 g/mol. The lowest BCUT2D eigenvalue weighted by atomic mass is 10.0. The van der Waals surface area contributed by atoms with E-state index in [0.717, 1.165) is 6.42 Å². The molecule has 0 aliphatic heterocycles. The number of benzene rings is 1. The monoisotopic (exact) mass is 313 g/mol. The summed E-state index contributed by atoms with van der Waals surface area (Å²) < 4.78 is 37.6. The molecule has 1 nitrogen and oxygen atoms in total. The maximum absolute atomic E-state index is 12.5. The van der Waals surface area contributed by atoms with Crippen molar-refractivity contribution in [3.8, 4) is 0 Å². The van der Waals surface area contributed by atoms with E-state index in [4.69, 9.17) is 23.2 Å². The van der Waals surface area contributed by atoms with Crippen LogP contribution in [0.3, 0.4) is 0 Å². The third kappa shape index (κ3) is 6.02. The maximum Gasteiger partial charge on any atom is 0.390 e. The van der Waals surface area contributed by atoms with Crippen molar-refractivity contribution in [2.45, 2.75) is 38.4 Å². The standard InChI is InChI=1S/C13H16Cl2F3N/c1-2-6-19-9(8-13(16,17)18)7-10-11(14)4-3-5-12(10)15/h3-5,9,19H,2,6-8H2,1H3. The Bertz CT molecular complexity index is 387. The molecule has 0 aliphatic carbocycles. The van der Waals surface area contributed by atoms with Crippen molar-refractivity contribution in [2.75, 3.05) is 6.54 Å². The van der Waals surface area contributed by atoms with Crippen molar-refractivity contribution in [1.29, 1.82) is 0 Å². The predicted octanol–water partition coefficient (Wildman–Crippen LogP) is 4.86. The van der Waals surface area contributed by atoms with Crippen LogP contribution in [0.5, 0.6) is 0 Å². The van der Waals surface area contributed by atoms with Crippen molar-refractivity contribution < 1.29 is 13.2 Å². The highest BCUT2D eigenvalue weighted by Crippen LogP contribution is 2.29. The molecule has 0 radical (unpaired) electrons. The van der Waals surface area contributed by atoms with Crippen LogP contribution in [0.4, 0.5) is 13.2 Å². The number of hydrogen-bond donors (Lipinski definition) is 1.